The Kier molecular flexibility index (Phi) is 3.34. The third-order valence-electron chi connectivity index (χ3n) is 3.55. The van der Waals surface area contributed by atoms with Gasteiger partial charge in [0.1, 0.15) is 0 Å². The zero-order valence-corrected chi connectivity index (χ0v) is 11.8. The van der Waals surface area contributed by atoms with Crippen molar-refractivity contribution in [3.8, 4) is 22.4 Å². The molecule has 3 rings (SSSR count). The Morgan fingerprint density at radius 1 is 0.700 bits per heavy atom. The number of hydrogen-bond acceptors (Lipinski definition) is 1. The lowest BCUT2D eigenvalue weighted by Crippen LogP contribution is -1.90. The second kappa shape index (κ2) is 5.30. The van der Waals surface area contributed by atoms with Crippen LogP contribution in [0.25, 0.3) is 22.4 Å². The van der Waals surface area contributed by atoms with Crippen LogP contribution in [0, 0.1) is 13.8 Å². The zero-order valence-electron chi connectivity index (χ0n) is 11.8. The standard InChI is InChI=1S/C19H17N/c1-14-10-11-15(2)18(13-14)16-7-3-4-8-17(16)19-9-5-6-12-20-19/h3-13H,1-2H3. The van der Waals surface area contributed by atoms with Gasteiger partial charge in [0.15, 0.2) is 0 Å². The lowest BCUT2D eigenvalue weighted by atomic mass is 9.93. The molecule has 0 N–H and O–H groups in total. The van der Waals surface area contributed by atoms with Gasteiger partial charge in [-0.1, -0.05) is 54.1 Å². The molecular weight excluding hydrogens is 242 g/mol. The van der Waals surface area contributed by atoms with Gasteiger partial charge in [0.2, 0.25) is 0 Å². The van der Waals surface area contributed by atoms with Crippen molar-refractivity contribution in [3.05, 3.63) is 78.0 Å². The van der Waals surface area contributed by atoms with Crippen molar-refractivity contribution in [2.45, 2.75) is 13.8 Å². The van der Waals surface area contributed by atoms with E-state index in [2.05, 4.69) is 67.4 Å². The van der Waals surface area contributed by atoms with Crippen LogP contribution >= 0.6 is 0 Å². The Hall–Kier alpha value is -2.41. The number of aromatic nitrogens is 1. The lowest BCUT2D eigenvalue weighted by molar-refractivity contribution is 1.32. The van der Waals surface area contributed by atoms with Crippen LogP contribution in [0.5, 0.6) is 0 Å². The molecule has 0 aliphatic heterocycles. The molecule has 20 heavy (non-hydrogen) atoms. The number of pyridine rings is 1. The Morgan fingerprint density at radius 2 is 1.45 bits per heavy atom. The van der Waals surface area contributed by atoms with Crippen LogP contribution in [0.4, 0.5) is 0 Å². The van der Waals surface area contributed by atoms with E-state index in [-0.39, 0.29) is 0 Å². The molecule has 1 heterocycles. The first-order valence-corrected chi connectivity index (χ1v) is 6.84. The molecule has 0 bridgehead atoms. The Labute approximate surface area is 119 Å². The zero-order chi connectivity index (χ0) is 13.9. The molecule has 0 aliphatic rings. The van der Waals surface area contributed by atoms with Crippen molar-refractivity contribution in [1.29, 1.82) is 0 Å². The number of nitrogens with zero attached hydrogens (tertiary/aromatic N) is 1. The predicted molar refractivity (Wildman–Crippen MR) is 84.6 cm³/mol. The first-order valence-electron chi connectivity index (χ1n) is 6.84. The molecule has 3 aromatic rings. The summed E-state index contributed by atoms with van der Waals surface area (Å²) in [6.45, 7) is 4.29. The monoisotopic (exact) mass is 259 g/mol. The fourth-order valence-electron chi connectivity index (χ4n) is 2.49. The van der Waals surface area contributed by atoms with Crippen molar-refractivity contribution >= 4 is 0 Å². The van der Waals surface area contributed by atoms with E-state index in [1.54, 1.807) is 0 Å². The molecule has 0 saturated carbocycles. The average Bonchev–Trinajstić information content (AvgIpc) is 2.51. The average molecular weight is 259 g/mol. The third-order valence-corrected chi connectivity index (χ3v) is 3.55. The summed E-state index contributed by atoms with van der Waals surface area (Å²) in [7, 11) is 0. The van der Waals surface area contributed by atoms with Gasteiger partial charge in [-0.05, 0) is 42.7 Å². The van der Waals surface area contributed by atoms with Crippen LogP contribution < -0.4 is 0 Å². The van der Waals surface area contributed by atoms with Crippen LogP contribution in [0.3, 0.4) is 0 Å². The van der Waals surface area contributed by atoms with Gasteiger partial charge in [0, 0.05) is 11.8 Å². The fraction of sp³-hybridized carbons (Fsp3) is 0.105. The summed E-state index contributed by atoms with van der Waals surface area (Å²) in [5.41, 5.74) is 7.30. The van der Waals surface area contributed by atoms with Gasteiger partial charge in [-0.3, -0.25) is 4.98 Å². The van der Waals surface area contributed by atoms with E-state index in [4.69, 9.17) is 0 Å². The largest absolute Gasteiger partial charge is 0.256 e. The molecule has 0 aliphatic carbocycles. The van der Waals surface area contributed by atoms with Gasteiger partial charge in [-0.25, -0.2) is 0 Å². The number of benzene rings is 2. The number of aryl methyl sites for hydroxylation is 2. The molecule has 2 aromatic carbocycles. The predicted octanol–water partition coefficient (Wildman–Crippen LogP) is 5.03. The summed E-state index contributed by atoms with van der Waals surface area (Å²) >= 11 is 0. The highest BCUT2D eigenvalue weighted by molar-refractivity contribution is 5.83. The molecule has 1 nitrogen and oxygen atoms in total. The minimum Gasteiger partial charge on any atom is -0.256 e. The maximum atomic E-state index is 4.49. The fourth-order valence-corrected chi connectivity index (χ4v) is 2.49. The molecule has 0 saturated heterocycles. The van der Waals surface area contributed by atoms with Gasteiger partial charge in [-0.15, -0.1) is 0 Å². The first-order chi connectivity index (χ1) is 9.75. The Morgan fingerprint density at radius 3 is 2.20 bits per heavy atom. The van der Waals surface area contributed by atoms with Crippen LogP contribution in [0.1, 0.15) is 11.1 Å². The summed E-state index contributed by atoms with van der Waals surface area (Å²) in [6, 6.07) is 21.1. The summed E-state index contributed by atoms with van der Waals surface area (Å²) in [5, 5.41) is 0. The molecule has 0 amide bonds. The minimum absolute atomic E-state index is 1.02. The number of hydrogen-bond donors (Lipinski definition) is 0. The van der Waals surface area contributed by atoms with E-state index in [1.807, 2.05) is 18.3 Å². The summed E-state index contributed by atoms with van der Waals surface area (Å²) < 4.78 is 0. The second-order valence-corrected chi connectivity index (χ2v) is 5.08. The molecular formula is C19H17N. The van der Waals surface area contributed by atoms with Crippen molar-refractivity contribution in [1.82, 2.24) is 4.98 Å². The summed E-state index contributed by atoms with van der Waals surface area (Å²) in [4.78, 5) is 4.49. The third kappa shape index (κ3) is 2.35. The smallest absolute Gasteiger partial charge is 0.0708 e. The van der Waals surface area contributed by atoms with E-state index in [9.17, 15) is 0 Å². The quantitative estimate of drug-likeness (QED) is 0.628. The normalized spacial score (nSPS) is 10.5. The second-order valence-electron chi connectivity index (χ2n) is 5.08. The molecule has 1 aromatic heterocycles. The van der Waals surface area contributed by atoms with Gasteiger partial charge >= 0.3 is 0 Å². The molecule has 1 heteroatoms. The maximum absolute atomic E-state index is 4.49. The summed E-state index contributed by atoms with van der Waals surface area (Å²) in [6.07, 6.45) is 1.84. The van der Waals surface area contributed by atoms with Gasteiger partial charge in [-0.2, -0.15) is 0 Å². The highest BCUT2D eigenvalue weighted by Crippen LogP contribution is 2.33. The van der Waals surface area contributed by atoms with Crippen LogP contribution in [0.2, 0.25) is 0 Å². The lowest BCUT2D eigenvalue weighted by Gasteiger charge is -2.12. The Bertz CT molecular complexity index is 730. The molecule has 0 unspecified atom stereocenters. The van der Waals surface area contributed by atoms with E-state index < -0.39 is 0 Å². The van der Waals surface area contributed by atoms with Crippen molar-refractivity contribution < 1.29 is 0 Å². The van der Waals surface area contributed by atoms with E-state index in [1.165, 1.54) is 27.8 Å². The van der Waals surface area contributed by atoms with E-state index in [0.29, 0.717) is 0 Å². The minimum atomic E-state index is 1.02. The molecule has 0 radical (unpaired) electrons. The van der Waals surface area contributed by atoms with Crippen LogP contribution in [-0.4, -0.2) is 4.98 Å². The SMILES string of the molecule is Cc1ccc(C)c(-c2ccccc2-c2ccccn2)c1. The molecule has 0 spiro atoms. The van der Waals surface area contributed by atoms with E-state index in [0.717, 1.165) is 5.69 Å². The van der Waals surface area contributed by atoms with Crippen molar-refractivity contribution in [2.75, 3.05) is 0 Å². The van der Waals surface area contributed by atoms with Crippen LogP contribution in [-0.2, 0) is 0 Å². The van der Waals surface area contributed by atoms with Gasteiger partial charge in [0.25, 0.3) is 0 Å². The highest BCUT2D eigenvalue weighted by atomic mass is 14.7. The topological polar surface area (TPSA) is 12.9 Å². The molecule has 0 fully saturated rings. The van der Waals surface area contributed by atoms with Crippen LogP contribution in [0.15, 0.2) is 66.9 Å². The highest BCUT2D eigenvalue weighted by Gasteiger charge is 2.09. The molecule has 98 valence electrons. The Balaban J connectivity index is 2.23. The summed E-state index contributed by atoms with van der Waals surface area (Å²) in [5.74, 6) is 0. The molecule has 0 atom stereocenters. The van der Waals surface area contributed by atoms with Gasteiger partial charge < -0.3 is 0 Å². The van der Waals surface area contributed by atoms with Crippen molar-refractivity contribution in [3.63, 3.8) is 0 Å². The van der Waals surface area contributed by atoms with E-state index >= 15 is 0 Å². The number of rotatable bonds is 2. The first kappa shape index (κ1) is 12.6. The van der Waals surface area contributed by atoms with Gasteiger partial charge in [0.05, 0.1) is 5.69 Å². The van der Waals surface area contributed by atoms with Crippen molar-refractivity contribution in [2.24, 2.45) is 0 Å². The maximum Gasteiger partial charge on any atom is 0.0708 e.